The number of nitrogens with zero attached hydrogens (tertiary/aromatic N) is 1. The number of amides is 1. The molecule has 1 aliphatic rings. The van der Waals surface area contributed by atoms with Gasteiger partial charge in [0.15, 0.2) is 6.61 Å². The van der Waals surface area contributed by atoms with E-state index in [1.54, 1.807) is 12.1 Å². The number of carbonyl (C=O) groups is 1. The van der Waals surface area contributed by atoms with E-state index in [0.29, 0.717) is 16.5 Å². The summed E-state index contributed by atoms with van der Waals surface area (Å²) in [6.45, 7) is 1.94. The second-order valence-corrected chi connectivity index (χ2v) is 5.30. The molecule has 0 unspecified atom stereocenters. The van der Waals surface area contributed by atoms with Gasteiger partial charge >= 0.3 is 0 Å². The molecule has 0 atom stereocenters. The molecule has 1 amide bonds. The SMILES string of the molecule is C/C(=N/Nc1ccc(Cl)cc1)c1ccc2c(c1)NC(=O)CO2. The van der Waals surface area contributed by atoms with Gasteiger partial charge in [0.05, 0.1) is 17.1 Å². The summed E-state index contributed by atoms with van der Waals surface area (Å²) >= 11 is 5.84. The summed E-state index contributed by atoms with van der Waals surface area (Å²) in [4.78, 5) is 11.4. The van der Waals surface area contributed by atoms with E-state index in [2.05, 4.69) is 15.8 Å². The van der Waals surface area contributed by atoms with Crippen LogP contribution in [0.25, 0.3) is 0 Å². The van der Waals surface area contributed by atoms with E-state index < -0.39 is 0 Å². The molecule has 0 saturated carbocycles. The number of hydrogen-bond donors (Lipinski definition) is 2. The van der Waals surface area contributed by atoms with Crippen molar-refractivity contribution in [3.63, 3.8) is 0 Å². The Morgan fingerprint density at radius 1 is 1.27 bits per heavy atom. The number of anilines is 2. The van der Waals surface area contributed by atoms with Crippen LogP contribution in [-0.2, 0) is 4.79 Å². The number of hydrazone groups is 1. The topological polar surface area (TPSA) is 62.7 Å². The number of ether oxygens (including phenoxy) is 1. The monoisotopic (exact) mass is 315 g/mol. The maximum Gasteiger partial charge on any atom is 0.262 e. The quantitative estimate of drug-likeness (QED) is 0.673. The van der Waals surface area contributed by atoms with Gasteiger partial charge in [0.2, 0.25) is 0 Å². The number of rotatable bonds is 3. The lowest BCUT2D eigenvalue weighted by Gasteiger charge is -2.18. The van der Waals surface area contributed by atoms with E-state index in [4.69, 9.17) is 16.3 Å². The lowest BCUT2D eigenvalue weighted by Crippen LogP contribution is -2.25. The molecule has 0 radical (unpaired) electrons. The van der Waals surface area contributed by atoms with Gasteiger partial charge in [-0.1, -0.05) is 11.6 Å². The number of fused-ring (bicyclic) bond motifs is 1. The molecule has 0 aliphatic carbocycles. The van der Waals surface area contributed by atoms with E-state index in [-0.39, 0.29) is 12.5 Å². The van der Waals surface area contributed by atoms with Crippen LogP contribution in [0.15, 0.2) is 47.6 Å². The van der Waals surface area contributed by atoms with Gasteiger partial charge in [-0.25, -0.2) is 0 Å². The lowest BCUT2D eigenvalue weighted by molar-refractivity contribution is -0.118. The molecule has 1 heterocycles. The van der Waals surface area contributed by atoms with Gasteiger partial charge in [-0.15, -0.1) is 0 Å². The van der Waals surface area contributed by atoms with Gasteiger partial charge in [0, 0.05) is 5.02 Å². The minimum absolute atomic E-state index is 0.0531. The zero-order valence-corrected chi connectivity index (χ0v) is 12.6. The van der Waals surface area contributed by atoms with E-state index in [1.807, 2.05) is 37.3 Å². The highest BCUT2D eigenvalue weighted by atomic mass is 35.5. The Morgan fingerprint density at radius 3 is 2.82 bits per heavy atom. The third-order valence-electron chi connectivity index (χ3n) is 3.23. The van der Waals surface area contributed by atoms with Crippen molar-refractivity contribution in [1.29, 1.82) is 0 Å². The first-order chi connectivity index (χ1) is 10.6. The molecule has 5 nitrogen and oxygen atoms in total. The second-order valence-electron chi connectivity index (χ2n) is 4.86. The average Bonchev–Trinajstić information content (AvgIpc) is 2.53. The summed E-state index contributed by atoms with van der Waals surface area (Å²) < 4.78 is 5.33. The average molecular weight is 316 g/mol. The fraction of sp³-hybridized carbons (Fsp3) is 0.125. The van der Waals surface area contributed by atoms with Gasteiger partial charge in [-0.3, -0.25) is 10.2 Å². The fourth-order valence-corrected chi connectivity index (χ4v) is 2.17. The zero-order chi connectivity index (χ0) is 15.5. The van der Waals surface area contributed by atoms with Crippen LogP contribution in [0.1, 0.15) is 12.5 Å². The third-order valence-corrected chi connectivity index (χ3v) is 3.48. The number of hydrogen-bond acceptors (Lipinski definition) is 4. The van der Waals surface area contributed by atoms with Gasteiger partial charge in [0.1, 0.15) is 5.75 Å². The van der Waals surface area contributed by atoms with Crippen molar-refractivity contribution in [2.45, 2.75) is 6.92 Å². The molecular weight excluding hydrogens is 302 g/mol. The lowest BCUT2D eigenvalue weighted by atomic mass is 10.1. The largest absolute Gasteiger partial charge is 0.482 e. The van der Waals surface area contributed by atoms with Crippen molar-refractivity contribution in [3.05, 3.63) is 53.1 Å². The number of nitrogens with one attached hydrogen (secondary N) is 2. The van der Waals surface area contributed by atoms with Crippen molar-refractivity contribution in [1.82, 2.24) is 0 Å². The van der Waals surface area contributed by atoms with Crippen LogP contribution in [-0.4, -0.2) is 18.2 Å². The highest BCUT2D eigenvalue weighted by Gasteiger charge is 2.16. The second kappa shape index (κ2) is 6.07. The maximum absolute atomic E-state index is 11.4. The Morgan fingerprint density at radius 2 is 2.05 bits per heavy atom. The minimum Gasteiger partial charge on any atom is -0.482 e. The Kier molecular flexibility index (Phi) is 3.98. The molecule has 0 aromatic heterocycles. The zero-order valence-electron chi connectivity index (χ0n) is 11.9. The third kappa shape index (κ3) is 3.20. The highest BCUT2D eigenvalue weighted by Crippen LogP contribution is 2.28. The summed E-state index contributed by atoms with van der Waals surface area (Å²) in [5.41, 5.74) is 6.16. The van der Waals surface area contributed by atoms with Crippen molar-refractivity contribution in [2.75, 3.05) is 17.3 Å². The fourth-order valence-electron chi connectivity index (χ4n) is 2.05. The molecule has 2 aromatic carbocycles. The number of halogens is 1. The van der Waals surface area contributed by atoms with Crippen LogP contribution in [0.4, 0.5) is 11.4 Å². The van der Waals surface area contributed by atoms with Gasteiger partial charge in [-0.2, -0.15) is 5.10 Å². The number of benzene rings is 2. The standard InChI is InChI=1S/C16H14ClN3O2/c1-10(19-20-13-5-3-12(17)4-6-13)11-2-7-15-14(8-11)18-16(21)9-22-15/h2-8,20H,9H2,1H3,(H,18,21)/b19-10-. The van der Waals surface area contributed by atoms with Gasteiger partial charge < -0.3 is 10.1 Å². The Bertz CT molecular complexity index is 742. The first kappa shape index (κ1) is 14.4. The van der Waals surface area contributed by atoms with Gasteiger partial charge in [0.25, 0.3) is 5.91 Å². The van der Waals surface area contributed by atoms with Crippen molar-refractivity contribution in [3.8, 4) is 5.75 Å². The first-order valence-electron chi connectivity index (χ1n) is 6.75. The van der Waals surface area contributed by atoms with E-state index in [9.17, 15) is 4.79 Å². The van der Waals surface area contributed by atoms with Gasteiger partial charge in [-0.05, 0) is 55.0 Å². The summed E-state index contributed by atoms with van der Waals surface area (Å²) in [5.74, 6) is 0.514. The molecule has 2 N–H and O–H groups in total. The summed E-state index contributed by atoms with van der Waals surface area (Å²) in [7, 11) is 0. The van der Waals surface area contributed by atoms with Crippen LogP contribution in [0.5, 0.6) is 5.75 Å². The Balaban J connectivity index is 1.78. The molecule has 0 fully saturated rings. The summed E-state index contributed by atoms with van der Waals surface area (Å²) in [6.07, 6.45) is 0. The Labute approximate surface area is 132 Å². The molecule has 6 heteroatoms. The van der Waals surface area contributed by atoms with Crippen LogP contribution in [0.3, 0.4) is 0 Å². The molecule has 0 spiro atoms. The van der Waals surface area contributed by atoms with Crippen LogP contribution >= 0.6 is 11.6 Å². The van der Waals surface area contributed by atoms with Crippen LogP contribution in [0, 0.1) is 0 Å². The Hall–Kier alpha value is -2.53. The molecular formula is C16H14ClN3O2. The number of carbonyl (C=O) groups excluding carboxylic acids is 1. The summed E-state index contributed by atoms with van der Waals surface area (Å²) in [6, 6.07) is 12.8. The van der Waals surface area contributed by atoms with Crippen molar-refractivity contribution >= 4 is 34.6 Å². The van der Waals surface area contributed by atoms with Crippen LogP contribution < -0.4 is 15.5 Å². The molecule has 0 bridgehead atoms. The van der Waals surface area contributed by atoms with Crippen LogP contribution in [0.2, 0.25) is 5.02 Å². The molecule has 22 heavy (non-hydrogen) atoms. The normalized spacial score (nSPS) is 13.9. The first-order valence-corrected chi connectivity index (χ1v) is 7.12. The molecule has 1 aliphatic heterocycles. The molecule has 3 rings (SSSR count). The predicted octanol–water partition coefficient (Wildman–Crippen LogP) is 3.51. The summed E-state index contributed by atoms with van der Waals surface area (Å²) in [5, 5.41) is 7.79. The molecule has 2 aromatic rings. The van der Waals surface area contributed by atoms with E-state index >= 15 is 0 Å². The van der Waals surface area contributed by atoms with Crippen molar-refractivity contribution in [2.24, 2.45) is 5.10 Å². The van der Waals surface area contributed by atoms with E-state index in [0.717, 1.165) is 17.0 Å². The molecule has 112 valence electrons. The minimum atomic E-state index is -0.154. The highest BCUT2D eigenvalue weighted by molar-refractivity contribution is 6.30. The van der Waals surface area contributed by atoms with Crippen molar-refractivity contribution < 1.29 is 9.53 Å². The predicted molar refractivity (Wildman–Crippen MR) is 87.9 cm³/mol. The van der Waals surface area contributed by atoms with E-state index in [1.165, 1.54) is 0 Å². The molecule has 0 saturated heterocycles. The maximum atomic E-state index is 11.4. The smallest absolute Gasteiger partial charge is 0.262 e.